The quantitative estimate of drug-likeness (QED) is 0.392. The number of nitrogens with zero attached hydrogens (tertiary/aromatic N) is 7. The normalized spacial score (nSPS) is 14.5. The van der Waals surface area contributed by atoms with Crippen molar-refractivity contribution >= 4 is 34.6 Å². The van der Waals surface area contributed by atoms with Gasteiger partial charge in [0.25, 0.3) is 11.8 Å². The van der Waals surface area contributed by atoms with Crippen molar-refractivity contribution in [3.8, 4) is 23.6 Å². The van der Waals surface area contributed by atoms with Crippen LogP contribution in [0.5, 0.6) is 0 Å². The van der Waals surface area contributed by atoms with Crippen molar-refractivity contribution in [3.63, 3.8) is 0 Å². The van der Waals surface area contributed by atoms with E-state index < -0.39 is 5.91 Å². The molecule has 0 saturated carbocycles. The minimum absolute atomic E-state index is 0.124. The van der Waals surface area contributed by atoms with Crippen molar-refractivity contribution in [1.29, 1.82) is 5.26 Å². The van der Waals surface area contributed by atoms with Crippen molar-refractivity contribution in [2.24, 2.45) is 0 Å². The zero-order valence-corrected chi connectivity index (χ0v) is 20.3. The van der Waals surface area contributed by atoms with E-state index in [9.17, 15) is 14.4 Å². The minimum Gasteiger partial charge on any atom is -0.382 e. The highest BCUT2D eigenvalue weighted by Gasteiger charge is 2.31. The van der Waals surface area contributed by atoms with Crippen LogP contribution in [0.15, 0.2) is 53.6 Å². The Balaban J connectivity index is 1.49. The van der Waals surface area contributed by atoms with Crippen LogP contribution in [0.2, 0.25) is 0 Å². The fourth-order valence-corrected chi connectivity index (χ4v) is 4.48. The molecule has 1 atom stereocenters. The molecule has 1 fully saturated rings. The summed E-state index contributed by atoms with van der Waals surface area (Å²) in [4.78, 5) is 52.7. The summed E-state index contributed by atoms with van der Waals surface area (Å²) in [6.45, 7) is 2.38. The highest BCUT2D eigenvalue weighted by molar-refractivity contribution is 6.04. The van der Waals surface area contributed by atoms with E-state index in [1.54, 1.807) is 48.2 Å². The summed E-state index contributed by atoms with van der Waals surface area (Å²) in [7, 11) is 0. The average Bonchev–Trinajstić information content (AvgIpc) is 3.52. The Morgan fingerprint density at radius 2 is 1.95 bits per heavy atom. The highest BCUT2D eigenvalue weighted by atomic mass is 16.2. The van der Waals surface area contributed by atoms with E-state index in [0.717, 1.165) is 0 Å². The Kier molecular flexibility index (Phi) is 6.29. The second kappa shape index (κ2) is 9.87. The molecule has 1 saturated heterocycles. The Hall–Kier alpha value is -5.49. The number of hydrogen-bond donors (Lipinski definition) is 2. The van der Waals surface area contributed by atoms with Crippen LogP contribution in [-0.2, 0) is 4.79 Å². The number of nitriles is 1. The van der Waals surface area contributed by atoms with Crippen molar-refractivity contribution < 1.29 is 9.59 Å². The summed E-state index contributed by atoms with van der Waals surface area (Å²) in [5.74, 6) is 4.80. The number of nitrogen functional groups attached to an aromatic ring is 1. The van der Waals surface area contributed by atoms with Crippen molar-refractivity contribution in [2.75, 3.05) is 24.1 Å². The van der Waals surface area contributed by atoms with Crippen LogP contribution in [0.25, 0.3) is 16.9 Å². The number of fused-ring (bicyclic) bond motifs is 1. The van der Waals surface area contributed by atoms with Gasteiger partial charge in [0.1, 0.15) is 29.4 Å². The summed E-state index contributed by atoms with van der Waals surface area (Å²) in [6, 6.07) is 12.7. The van der Waals surface area contributed by atoms with E-state index >= 15 is 0 Å². The van der Waals surface area contributed by atoms with E-state index in [1.165, 1.54) is 21.5 Å². The Morgan fingerprint density at radius 3 is 2.68 bits per heavy atom. The van der Waals surface area contributed by atoms with Crippen LogP contribution >= 0.6 is 0 Å². The molecular formula is C26H21N9O3. The van der Waals surface area contributed by atoms with E-state index in [-0.39, 0.29) is 35.0 Å². The predicted molar refractivity (Wildman–Crippen MR) is 138 cm³/mol. The van der Waals surface area contributed by atoms with Crippen LogP contribution in [-0.4, -0.2) is 53.9 Å². The van der Waals surface area contributed by atoms with Crippen molar-refractivity contribution in [1.82, 2.24) is 29.0 Å². The molecule has 3 N–H and O–H groups in total. The van der Waals surface area contributed by atoms with Gasteiger partial charge in [-0.25, -0.2) is 19.7 Å². The number of rotatable bonds is 4. The second-order valence-electron chi connectivity index (χ2n) is 8.51. The predicted octanol–water partition coefficient (Wildman–Crippen LogP) is 1.48. The molecule has 2 amide bonds. The van der Waals surface area contributed by atoms with E-state index in [1.807, 2.05) is 6.07 Å². The number of anilines is 2. The van der Waals surface area contributed by atoms with Gasteiger partial charge in [0.15, 0.2) is 11.5 Å². The number of pyridine rings is 1. The number of benzene rings is 1. The fraction of sp³-hybridized carbons (Fsp3) is 0.192. The van der Waals surface area contributed by atoms with E-state index in [2.05, 4.69) is 32.1 Å². The lowest BCUT2D eigenvalue weighted by Crippen LogP contribution is -2.31. The minimum atomic E-state index is -0.428. The number of imidazole rings is 1. The summed E-state index contributed by atoms with van der Waals surface area (Å²) >= 11 is 0. The van der Waals surface area contributed by atoms with Gasteiger partial charge in [-0.05, 0) is 55.7 Å². The zero-order valence-electron chi connectivity index (χ0n) is 20.3. The first kappa shape index (κ1) is 24.2. The molecule has 1 aliphatic rings. The maximum atomic E-state index is 13.7. The van der Waals surface area contributed by atoms with Crippen LogP contribution in [0, 0.1) is 23.2 Å². The Labute approximate surface area is 216 Å². The van der Waals surface area contributed by atoms with Crippen molar-refractivity contribution in [2.45, 2.75) is 19.4 Å². The van der Waals surface area contributed by atoms with Gasteiger partial charge in [0.05, 0.1) is 11.7 Å². The summed E-state index contributed by atoms with van der Waals surface area (Å²) in [6.07, 6.45) is 1.85. The molecule has 0 aliphatic carbocycles. The topological polar surface area (TPSA) is 165 Å². The SMILES string of the molecule is CC#CC(=O)N1CC[C@@H](n2c(=O)n(-c3ccc(C(=O)Nc4cccc(C#N)n4)cc3)c3c(N)ncnc32)C1. The summed E-state index contributed by atoms with van der Waals surface area (Å²) in [5.41, 5.74) is 7.45. The second-order valence-corrected chi connectivity index (χ2v) is 8.51. The molecule has 38 heavy (non-hydrogen) atoms. The third kappa shape index (κ3) is 4.31. The molecule has 1 aliphatic heterocycles. The van der Waals surface area contributed by atoms with Gasteiger partial charge >= 0.3 is 5.69 Å². The average molecular weight is 508 g/mol. The van der Waals surface area contributed by atoms with E-state index in [4.69, 9.17) is 11.0 Å². The summed E-state index contributed by atoms with van der Waals surface area (Å²) < 4.78 is 2.94. The van der Waals surface area contributed by atoms with Gasteiger partial charge in [-0.1, -0.05) is 12.0 Å². The maximum absolute atomic E-state index is 13.7. The number of nitrogens with two attached hydrogens (primary N) is 1. The van der Waals surface area contributed by atoms with E-state index in [0.29, 0.717) is 41.9 Å². The Bertz CT molecular complexity index is 1740. The molecule has 0 radical (unpaired) electrons. The number of aromatic nitrogens is 5. The smallest absolute Gasteiger partial charge is 0.335 e. The first-order chi connectivity index (χ1) is 18.4. The summed E-state index contributed by atoms with van der Waals surface area (Å²) in [5, 5.41) is 11.7. The molecule has 188 valence electrons. The zero-order chi connectivity index (χ0) is 26.8. The lowest BCUT2D eigenvalue weighted by Gasteiger charge is -2.14. The number of likely N-dealkylation sites (tertiary alicyclic amines) is 1. The largest absolute Gasteiger partial charge is 0.382 e. The first-order valence-corrected chi connectivity index (χ1v) is 11.6. The van der Waals surface area contributed by atoms with Gasteiger partial charge < -0.3 is 16.0 Å². The molecule has 3 aromatic heterocycles. The number of hydrogen-bond acceptors (Lipinski definition) is 8. The number of carbonyl (C=O) groups is 2. The molecular weight excluding hydrogens is 486 g/mol. The molecule has 12 nitrogen and oxygen atoms in total. The number of carbonyl (C=O) groups excluding carboxylic acids is 2. The highest BCUT2D eigenvalue weighted by Crippen LogP contribution is 2.27. The number of amides is 2. The molecule has 0 spiro atoms. The van der Waals surface area contributed by atoms with Crippen LogP contribution in [0.1, 0.15) is 35.4 Å². The Morgan fingerprint density at radius 1 is 1.16 bits per heavy atom. The van der Waals surface area contributed by atoms with Crippen molar-refractivity contribution in [3.05, 3.63) is 70.5 Å². The molecule has 12 heteroatoms. The molecule has 1 aromatic carbocycles. The maximum Gasteiger partial charge on any atom is 0.335 e. The molecule has 5 rings (SSSR count). The molecule has 4 aromatic rings. The third-order valence-electron chi connectivity index (χ3n) is 6.22. The van der Waals surface area contributed by atoms with Gasteiger partial charge in [0.2, 0.25) is 0 Å². The lowest BCUT2D eigenvalue weighted by atomic mass is 10.2. The van der Waals surface area contributed by atoms with Gasteiger partial charge in [-0.3, -0.25) is 18.7 Å². The number of nitrogens with one attached hydrogen (secondary N) is 1. The standard InChI is InChI=1S/C26H21N9O3/c1-2-4-21(36)33-12-11-19(14-33)35-24-22(23(28)29-15-30-24)34(26(35)38)18-9-7-16(8-10-18)25(37)32-20-6-3-5-17(13-27)31-20/h3,5-10,15,19H,11-12,14H2,1H3,(H2,28,29,30)(H,31,32,37)/t19-/m1/s1. The third-order valence-corrected chi connectivity index (χ3v) is 6.22. The lowest BCUT2D eigenvalue weighted by molar-refractivity contribution is -0.124. The monoisotopic (exact) mass is 507 g/mol. The van der Waals surface area contributed by atoms with Gasteiger partial charge in [-0.2, -0.15) is 5.26 Å². The van der Waals surface area contributed by atoms with Crippen LogP contribution in [0.4, 0.5) is 11.6 Å². The molecule has 0 bridgehead atoms. The molecule has 0 unspecified atom stereocenters. The molecule has 4 heterocycles. The van der Waals surface area contributed by atoms with Gasteiger partial charge in [-0.15, -0.1) is 0 Å². The van der Waals surface area contributed by atoms with Crippen LogP contribution in [0.3, 0.4) is 0 Å². The van der Waals surface area contributed by atoms with Gasteiger partial charge in [0, 0.05) is 18.7 Å². The first-order valence-electron chi connectivity index (χ1n) is 11.6. The van der Waals surface area contributed by atoms with Crippen LogP contribution < -0.4 is 16.7 Å². The fourth-order valence-electron chi connectivity index (χ4n) is 4.48.